The van der Waals surface area contributed by atoms with E-state index in [4.69, 9.17) is 33.2 Å². The second kappa shape index (κ2) is 21.7. The number of hydrogen-bond acceptors (Lipinski definition) is 19. The van der Waals surface area contributed by atoms with E-state index in [0.717, 1.165) is 12.5 Å². The lowest BCUT2D eigenvalue weighted by atomic mass is 9.95. The number of amides is 2. The highest BCUT2D eigenvalue weighted by atomic mass is 16.8. The first kappa shape index (κ1) is 47.1. The van der Waals surface area contributed by atoms with Gasteiger partial charge in [0.1, 0.15) is 78.9 Å². The third kappa shape index (κ3) is 11.5. The molecule has 2 amide bonds. The summed E-state index contributed by atoms with van der Waals surface area (Å²) >= 11 is 0. The molecule has 3 aliphatic rings. The van der Waals surface area contributed by atoms with Gasteiger partial charge in [0.2, 0.25) is 5.91 Å². The van der Waals surface area contributed by atoms with E-state index in [2.05, 4.69) is 10.6 Å². The molecular weight excluding hydrogens is 804 g/mol. The van der Waals surface area contributed by atoms with Crippen LogP contribution in [0.15, 0.2) is 48.5 Å². The van der Waals surface area contributed by atoms with Gasteiger partial charge in [-0.15, -0.1) is 0 Å². The number of aliphatic hydroxyl groups is 9. The first-order chi connectivity index (χ1) is 28.7. The van der Waals surface area contributed by atoms with Crippen LogP contribution in [0.5, 0.6) is 5.75 Å². The van der Waals surface area contributed by atoms with Crippen molar-refractivity contribution in [3.05, 3.63) is 54.1 Å². The molecule has 2 aromatic rings. The standard InChI is InChI=1S/C38H52N2O20/c1-17(44)40-26-29(48)33(59-38-32(51)34(28(47)23(14-42)57-38)60-37-31(50)30(49)27(46)22(13-41)56-37)24(15-43)58-36(26)54-11-3-10-39-25(45)16-55-21-8-6-18(7-9-21)19-4-2-5-20(12-19)35(52)53/h2,4-9,12,22-24,26-34,36-38,41-43,46-51H,3,10-11,13-16H2,1H3,(H,39,45)(H,40,44)(H,52,53)/t22?,23?,24?,26?,27-,28-,29?,30?,31?,32?,33+,34?,36+,37+,38-/m0/s1. The maximum Gasteiger partial charge on any atom is 0.335 e. The topological polar surface area (TPSA) is 342 Å². The molecule has 0 saturated carbocycles. The molecule has 0 bridgehead atoms. The lowest BCUT2D eigenvalue weighted by Gasteiger charge is -2.48. The molecule has 3 aliphatic heterocycles. The van der Waals surface area contributed by atoms with Crippen molar-refractivity contribution in [3.8, 4) is 16.9 Å². The van der Waals surface area contributed by atoms with Crippen LogP contribution in [0.1, 0.15) is 23.7 Å². The van der Waals surface area contributed by atoms with Gasteiger partial charge in [0.25, 0.3) is 5.91 Å². The van der Waals surface area contributed by atoms with Gasteiger partial charge in [0.05, 0.1) is 32.0 Å². The summed E-state index contributed by atoms with van der Waals surface area (Å²) in [6, 6.07) is 11.9. The van der Waals surface area contributed by atoms with E-state index >= 15 is 0 Å². The molecule has 9 unspecified atom stereocenters. The van der Waals surface area contributed by atoms with Crippen molar-refractivity contribution in [3.63, 3.8) is 0 Å². The Morgan fingerprint density at radius 2 is 1.30 bits per heavy atom. The highest BCUT2D eigenvalue weighted by molar-refractivity contribution is 5.89. The fraction of sp³-hybridized carbons (Fsp3) is 0.605. The zero-order valence-corrected chi connectivity index (χ0v) is 32.3. The number of ether oxygens (including phenoxy) is 7. The van der Waals surface area contributed by atoms with E-state index in [1.807, 2.05) is 0 Å². The van der Waals surface area contributed by atoms with Gasteiger partial charge >= 0.3 is 5.97 Å². The van der Waals surface area contributed by atoms with Gasteiger partial charge in [-0.3, -0.25) is 9.59 Å². The quantitative estimate of drug-likeness (QED) is 0.0629. The highest BCUT2D eigenvalue weighted by Crippen LogP contribution is 2.33. The summed E-state index contributed by atoms with van der Waals surface area (Å²) in [5.41, 5.74) is 1.60. The third-order valence-corrected chi connectivity index (χ3v) is 10.1. The second-order valence-electron chi connectivity index (χ2n) is 14.3. The number of hydrogen-bond donors (Lipinski definition) is 12. The Morgan fingerprint density at radius 1 is 0.683 bits per heavy atom. The normalized spacial score (nSPS) is 34.4. The van der Waals surface area contributed by atoms with Gasteiger partial charge < -0.3 is 94.9 Å². The van der Waals surface area contributed by atoms with Gasteiger partial charge in [0.15, 0.2) is 25.5 Å². The average molecular weight is 857 g/mol. The Balaban J connectivity index is 1.13. The molecule has 3 heterocycles. The lowest BCUT2D eigenvalue weighted by Crippen LogP contribution is -2.68. The molecule has 22 heteroatoms. The molecular formula is C38H52N2O20. The number of carboxylic acid groups (broad SMARTS) is 1. The Bertz CT molecular complexity index is 1700. The number of aromatic carboxylic acids is 1. The molecule has 0 aromatic heterocycles. The molecule has 3 saturated heterocycles. The molecule has 0 aliphatic carbocycles. The molecule has 12 N–H and O–H groups in total. The number of rotatable bonds is 18. The Hall–Kier alpha value is -3.95. The van der Waals surface area contributed by atoms with Gasteiger partial charge in [-0.2, -0.15) is 0 Å². The van der Waals surface area contributed by atoms with Crippen molar-refractivity contribution >= 4 is 17.8 Å². The Kier molecular flexibility index (Phi) is 17.1. The summed E-state index contributed by atoms with van der Waals surface area (Å²) in [5, 5.41) is 108. The summed E-state index contributed by atoms with van der Waals surface area (Å²) in [7, 11) is 0. The molecule has 334 valence electrons. The zero-order valence-electron chi connectivity index (χ0n) is 32.3. The molecule has 15 atom stereocenters. The largest absolute Gasteiger partial charge is 0.484 e. The van der Waals surface area contributed by atoms with Crippen molar-refractivity contribution in [2.24, 2.45) is 0 Å². The van der Waals surface area contributed by atoms with E-state index < -0.39 is 130 Å². The van der Waals surface area contributed by atoms with Crippen LogP contribution in [0, 0.1) is 0 Å². The smallest absolute Gasteiger partial charge is 0.335 e. The van der Waals surface area contributed by atoms with Crippen LogP contribution in [0.2, 0.25) is 0 Å². The monoisotopic (exact) mass is 856 g/mol. The second-order valence-corrected chi connectivity index (χ2v) is 14.3. The molecule has 0 radical (unpaired) electrons. The van der Waals surface area contributed by atoms with Gasteiger partial charge in [-0.25, -0.2) is 4.79 Å². The minimum atomic E-state index is -1.97. The number of carbonyl (C=O) groups excluding carboxylic acids is 2. The highest BCUT2D eigenvalue weighted by Gasteiger charge is 2.54. The average Bonchev–Trinajstić information content (AvgIpc) is 3.24. The summed E-state index contributed by atoms with van der Waals surface area (Å²) < 4.78 is 39.5. The number of carboxylic acids is 1. The summed E-state index contributed by atoms with van der Waals surface area (Å²) in [4.78, 5) is 35.9. The van der Waals surface area contributed by atoms with Crippen LogP contribution in [0.4, 0.5) is 0 Å². The molecule has 3 fully saturated rings. The summed E-state index contributed by atoms with van der Waals surface area (Å²) in [6.07, 6.45) is -23.3. The maximum absolute atomic E-state index is 12.4. The Labute approximate surface area is 342 Å². The fourth-order valence-corrected chi connectivity index (χ4v) is 6.86. The van der Waals surface area contributed by atoms with Crippen LogP contribution in [0.25, 0.3) is 11.1 Å². The predicted octanol–water partition coefficient (Wildman–Crippen LogP) is -4.45. The van der Waals surface area contributed by atoms with Crippen LogP contribution >= 0.6 is 0 Å². The maximum atomic E-state index is 12.4. The number of nitrogens with one attached hydrogen (secondary N) is 2. The fourth-order valence-electron chi connectivity index (χ4n) is 6.86. The molecule has 60 heavy (non-hydrogen) atoms. The van der Waals surface area contributed by atoms with Crippen molar-refractivity contribution < 1.29 is 98.6 Å². The molecule has 22 nitrogen and oxygen atoms in total. The van der Waals surface area contributed by atoms with Gasteiger partial charge in [0, 0.05) is 13.5 Å². The Morgan fingerprint density at radius 3 is 1.93 bits per heavy atom. The lowest BCUT2D eigenvalue weighted by molar-refractivity contribution is -0.376. The summed E-state index contributed by atoms with van der Waals surface area (Å²) in [6.45, 7) is -1.53. The minimum absolute atomic E-state index is 0.0691. The predicted molar refractivity (Wildman–Crippen MR) is 199 cm³/mol. The van der Waals surface area contributed by atoms with Crippen LogP contribution in [0.3, 0.4) is 0 Å². The first-order valence-corrected chi connectivity index (χ1v) is 19.1. The SMILES string of the molecule is CC(=O)NC1C(O)[C@H](O[C@@H]2OC(CO)[C@H](O)C(O[C@H]3OC(CO)[C@H](O)C(O)C3O)C2O)C(CO)O[C@H]1OCCCNC(=O)COc1ccc(-c2cccc(C(=O)O)c2)cc1. The summed E-state index contributed by atoms with van der Waals surface area (Å²) in [5.74, 6) is -1.70. The third-order valence-electron chi connectivity index (χ3n) is 10.1. The van der Waals surface area contributed by atoms with Crippen molar-refractivity contribution in [1.82, 2.24) is 10.6 Å². The number of benzene rings is 2. The zero-order chi connectivity index (χ0) is 43.7. The van der Waals surface area contributed by atoms with E-state index in [9.17, 15) is 65.4 Å². The van der Waals surface area contributed by atoms with Crippen LogP contribution in [-0.2, 0) is 38.0 Å². The molecule has 2 aromatic carbocycles. The molecule has 0 spiro atoms. The van der Waals surface area contributed by atoms with Crippen molar-refractivity contribution in [2.75, 3.05) is 39.6 Å². The first-order valence-electron chi connectivity index (χ1n) is 19.1. The number of aliphatic hydroxyl groups excluding tert-OH is 9. The minimum Gasteiger partial charge on any atom is -0.484 e. The van der Waals surface area contributed by atoms with E-state index in [0.29, 0.717) is 11.3 Å². The van der Waals surface area contributed by atoms with Crippen molar-refractivity contribution in [2.45, 2.75) is 105 Å². The molecule has 5 rings (SSSR count). The van der Waals surface area contributed by atoms with Crippen LogP contribution < -0.4 is 15.4 Å². The van der Waals surface area contributed by atoms with E-state index in [1.54, 1.807) is 42.5 Å². The number of carbonyl (C=O) groups is 3. The van der Waals surface area contributed by atoms with Gasteiger partial charge in [-0.1, -0.05) is 24.3 Å². The van der Waals surface area contributed by atoms with E-state index in [1.165, 1.54) is 6.07 Å². The van der Waals surface area contributed by atoms with E-state index in [-0.39, 0.29) is 31.7 Å². The van der Waals surface area contributed by atoms with Crippen LogP contribution in [-0.4, -0.2) is 200 Å². The van der Waals surface area contributed by atoms with Gasteiger partial charge in [-0.05, 0) is 41.8 Å². The van der Waals surface area contributed by atoms with Crippen molar-refractivity contribution in [1.29, 1.82) is 0 Å².